The minimum Gasteiger partial charge on any atom is -0.454 e. The zero-order valence-corrected chi connectivity index (χ0v) is 20.7. The summed E-state index contributed by atoms with van der Waals surface area (Å²) in [5.74, 6) is 2.67. The predicted molar refractivity (Wildman–Crippen MR) is 142 cm³/mol. The van der Waals surface area contributed by atoms with E-state index in [1.54, 1.807) is 6.21 Å². The van der Waals surface area contributed by atoms with Gasteiger partial charge in [0.25, 0.3) is 0 Å². The Morgan fingerprint density at radius 3 is 2.53 bits per heavy atom. The number of hydrogen-bond acceptors (Lipinski definition) is 10. The summed E-state index contributed by atoms with van der Waals surface area (Å²) in [6, 6.07) is 18.0. The van der Waals surface area contributed by atoms with Gasteiger partial charge in [0.15, 0.2) is 11.5 Å². The fourth-order valence-electron chi connectivity index (χ4n) is 3.96. The SMILES string of the molecule is Brc1cc2c(cc1/C=N/Nc1nc(Nc3ccc4ccccc4c3)nc(N3CCOCC3)n1)OCO2. The number of halogens is 1. The summed E-state index contributed by atoms with van der Waals surface area (Å²) in [7, 11) is 0. The second-order valence-corrected chi connectivity index (χ2v) is 9.02. The van der Waals surface area contributed by atoms with Crippen LogP contribution in [-0.2, 0) is 4.74 Å². The molecule has 0 atom stereocenters. The first-order valence-corrected chi connectivity index (χ1v) is 12.2. The highest BCUT2D eigenvalue weighted by molar-refractivity contribution is 9.10. The van der Waals surface area contributed by atoms with Crippen molar-refractivity contribution in [3.63, 3.8) is 0 Å². The van der Waals surface area contributed by atoms with Gasteiger partial charge in [0.2, 0.25) is 24.6 Å². The molecule has 2 aliphatic rings. The number of morpholine rings is 1. The van der Waals surface area contributed by atoms with E-state index in [2.05, 4.69) is 75.9 Å². The number of nitrogens with one attached hydrogen (secondary N) is 2. The average molecular weight is 548 g/mol. The lowest BCUT2D eigenvalue weighted by atomic mass is 10.1. The normalized spacial score (nSPS) is 15.0. The van der Waals surface area contributed by atoms with E-state index in [1.165, 1.54) is 5.39 Å². The van der Waals surface area contributed by atoms with Crippen molar-refractivity contribution in [2.24, 2.45) is 5.10 Å². The quantitative estimate of drug-likeness (QED) is 0.265. The van der Waals surface area contributed by atoms with Gasteiger partial charge in [-0.2, -0.15) is 20.1 Å². The van der Waals surface area contributed by atoms with Crippen LogP contribution in [0.15, 0.2) is 64.2 Å². The molecule has 6 rings (SSSR count). The first-order chi connectivity index (χ1) is 17.7. The van der Waals surface area contributed by atoms with Crippen LogP contribution in [0.4, 0.5) is 23.5 Å². The molecule has 10 nitrogen and oxygen atoms in total. The summed E-state index contributed by atoms with van der Waals surface area (Å²) < 4.78 is 17.2. The molecule has 0 aliphatic carbocycles. The smallest absolute Gasteiger partial charge is 0.250 e. The van der Waals surface area contributed by atoms with E-state index >= 15 is 0 Å². The highest BCUT2D eigenvalue weighted by atomic mass is 79.9. The first kappa shape index (κ1) is 22.5. The number of ether oxygens (including phenoxy) is 3. The van der Waals surface area contributed by atoms with Crippen molar-refractivity contribution < 1.29 is 14.2 Å². The predicted octanol–water partition coefficient (Wildman–Crippen LogP) is 4.54. The molecule has 3 aromatic carbocycles. The lowest BCUT2D eigenvalue weighted by molar-refractivity contribution is 0.122. The maximum atomic E-state index is 5.48. The number of hydrazone groups is 1. The molecule has 4 aromatic rings. The minimum atomic E-state index is 0.211. The van der Waals surface area contributed by atoms with Gasteiger partial charge in [0.1, 0.15) is 0 Å². The van der Waals surface area contributed by atoms with Crippen LogP contribution >= 0.6 is 15.9 Å². The summed E-state index contributed by atoms with van der Waals surface area (Å²) in [5, 5.41) is 9.95. The van der Waals surface area contributed by atoms with Crippen molar-refractivity contribution in [3.8, 4) is 11.5 Å². The fraction of sp³-hybridized carbons (Fsp3) is 0.200. The van der Waals surface area contributed by atoms with Crippen LogP contribution in [0.5, 0.6) is 11.5 Å². The number of rotatable bonds is 6. The maximum absolute atomic E-state index is 5.48. The zero-order valence-electron chi connectivity index (χ0n) is 19.1. The molecule has 1 aromatic heterocycles. The van der Waals surface area contributed by atoms with Crippen molar-refractivity contribution in [1.82, 2.24) is 15.0 Å². The molecule has 0 unspecified atom stereocenters. The van der Waals surface area contributed by atoms with Gasteiger partial charge >= 0.3 is 0 Å². The monoisotopic (exact) mass is 547 g/mol. The van der Waals surface area contributed by atoms with Crippen LogP contribution in [-0.4, -0.2) is 54.3 Å². The number of anilines is 4. The van der Waals surface area contributed by atoms with Crippen LogP contribution in [0.25, 0.3) is 10.8 Å². The van der Waals surface area contributed by atoms with E-state index in [-0.39, 0.29) is 6.79 Å². The highest BCUT2D eigenvalue weighted by Gasteiger charge is 2.18. The van der Waals surface area contributed by atoms with E-state index in [0.717, 1.165) is 21.1 Å². The summed E-state index contributed by atoms with van der Waals surface area (Å²) in [6.07, 6.45) is 1.67. The Bertz CT molecular complexity index is 1440. The van der Waals surface area contributed by atoms with Gasteiger partial charge in [0, 0.05) is 28.8 Å². The Morgan fingerprint density at radius 1 is 0.889 bits per heavy atom. The Morgan fingerprint density at radius 2 is 1.67 bits per heavy atom. The fourth-order valence-corrected chi connectivity index (χ4v) is 4.39. The third-order valence-corrected chi connectivity index (χ3v) is 6.47. The molecule has 182 valence electrons. The van der Waals surface area contributed by atoms with Gasteiger partial charge in [-0.3, -0.25) is 0 Å². The highest BCUT2D eigenvalue weighted by Crippen LogP contribution is 2.36. The van der Waals surface area contributed by atoms with Crippen molar-refractivity contribution in [1.29, 1.82) is 0 Å². The second kappa shape index (κ2) is 9.96. The minimum absolute atomic E-state index is 0.211. The molecule has 1 saturated heterocycles. The standard InChI is InChI=1S/C25H22BrN7O3/c26-20-13-22-21(35-15-36-22)12-18(20)14-27-32-24-29-23(30-25(31-24)33-7-9-34-10-8-33)28-19-6-5-16-3-1-2-4-17(16)11-19/h1-6,11-14H,7-10,15H2,(H2,28,29,30,31,32)/b27-14+. The summed E-state index contributed by atoms with van der Waals surface area (Å²) in [6.45, 7) is 2.86. The van der Waals surface area contributed by atoms with Crippen molar-refractivity contribution >= 4 is 56.4 Å². The molecule has 2 N–H and O–H groups in total. The van der Waals surface area contributed by atoms with Gasteiger partial charge < -0.3 is 24.4 Å². The maximum Gasteiger partial charge on any atom is 0.250 e. The zero-order chi connectivity index (χ0) is 24.3. The van der Waals surface area contributed by atoms with Crippen LogP contribution in [0.3, 0.4) is 0 Å². The molecule has 3 heterocycles. The lowest BCUT2D eigenvalue weighted by Gasteiger charge is -2.27. The Labute approximate surface area is 215 Å². The Balaban J connectivity index is 1.27. The first-order valence-electron chi connectivity index (χ1n) is 11.4. The molecule has 0 bridgehead atoms. The number of nitrogens with zero attached hydrogens (tertiary/aromatic N) is 5. The van der Waals surface area contributed by atoms with Gasteiger partial charge in [-0.1, -0.05) is 30.3 Å². The molecule has 0 saturated carbocycles. The van der Waals surface area contributed by atoms with Gasteiger partial charge in [0.05, 0.1) is 19.4 Å². The van der Waals surface area contributed by atoms with Crippen LogP contribution in [0, 0.1) is 0 Å². The molecule has 0 amide bonds. The topological polar surface area (TPSA) is 106 Å². The molecular formula is C25H22BrN7O3. The van der Waals surface area contributed by atoms with Gasteiger partial charge in [-0.25, -0.2) is 5.43 Å². The molecule has 2 aliphatic heterocycles. The van der Waals surface area contributed by atoms with Gasteiger partial charge in [-0.15, -0.1) is 0 Å². The van der Waals surface area contributed by atoms with Crippen molar-refractivity contribution in [3.05, 3.63) is 64.6 Å². The van der Waals surface area contributed by atoms with Crippen LogP contribution in [0.2, 0.25) is 0 Å². The molecular weight excluding hydrogens is 526 g/mol. The van der Waals surface area contributed by atoms with Gasteiger partial charge in [-0.05, 0) is 51.0 Å². The molecule has 1 fully saturated rings. The van der Waals surface area contributed by atoms with E-state index in [0.29, 0.717) is 55.6 Å². The second-order valence-electron chi connectivity index (χ2n) is 8.17. The number of aromatic nitrogens is 3. The van der Waals surface area contributed by atoms with Crippen LogP contribution in [0.1, 0.15) is 5.56 Å². The number of fused-ring (bicyclic) bond motifs is 2. The third kappa shape index (κ3) is 4.88. The van der Waals surface area contributed by atoms with Crippen molar-refractivity contribution in [2.45, 2.75) is 0 Å². The Hall–Kier alpha value is -3.96. The lowest BCUT2D eigenvalue weighted by Crippen LogP contribution is -2.37. The molecule has 0 spiro atoms. The van der Waals surface area contributed by atoms with E-state index < -0.39 is 0 Å². The van der Waals surface area contributed by atoms with E-state index in [4.69, 9.17) is 14.2 Å². The summed E-state index contributed by atoms with van der Waals surface area (Å²) in [4.78, 5) is 15.9. The van der Waals surface area contributed by atoms with E-state index in [9.17, 15) is 0 Å². The molecule has 36 heavy (non-hydrogen) atoms. The largest absolute Gasteiger partial charge is 0.454 e. The Kier molecular flexibility index (Phi) is 6.22. The third-order valence-electron chi connectivity index (χ3n) is 5.78. The average Bonchev–Trinajstić information content (AvgIpc) is 3.36. The van der Waals surface area contributed by atoms with Crippen molar-refractivity contribution in [2.75, 3.05) is 48.7 Å². The number of benzene rings is 3. The van der Waals surface area contributed by atoms with E-state index in [1.807, 2.05) is 30.3 Å². The molecule has 0 radical (unpaired) electrons. The summed E-state index contributed by atoms with van der Waals surface area (Å²) >= 11 is 3.54. The summed E-state index contributed by atoms with van der Waals surface area (Å²) in [5.41, 5.74) is 4.64. The number of hydrogen-bond donors (Lipinski definition) is 2. The van der Waals surface area contributed by atoms with Crippen LogP contribution < -0.4 is 25.1 Å². The molecule has 11 heteroatoms.